The Balaban J connectivity index is 1.15. The van der Waals surface area contributed by atoms with Gasteiger partial charge in [-0.3, -0.25) is 14.7 Å². The first-order chi connectivity index (χ1) is 17.4. The number of rotatable bonds is 6. The van der Waals surface area contributed by atoms with Gasteiger partial charge in [0.15, 0.2) is 5.69 Å². The zero-order chi connectivity index (χ0) is 25.2. The summed E-state index contributed by atoms with van der Waals surface area (Å²) < 4.78 is 7.12. The molecule has 5 rings (SSSR count). The number of nitrogens with zero attached hydrogens (tertiary/aromatic N) is 5. The fourth-order valence-corrected chi connectivity index (χ4v) is 4.64. The molecule has 0 atom stereocenters. The van der Waals surface area contributed by atoms with E-state index in [9.17, 15) is 9.59 Å². The number of imidazole rings is 1. The Hall–Kier alpha value is -3.92. The van der Waals surface area contributed by atoms with Crippen molar-refractivity contribution in [2.75, 3.05) is 20.2 Å². The summed E-state index contributed by atoms with van der Waals surface area (Å²) in [7, 11) is 3.47. The monoisotopic (exact) mass is 507 g/mol. The number of hydrogen-bond acceptors (Lipinski definition) is 6. The van der Waals surface area contributed by atoms with Crippen LogP contribution in [0, 0.1) is 5.92 Å². The number of ether oxygens (including phenoxy) is 1. The molecule has 0 radical (unpaired) electrons. The normalized spacial score (nSPS) is 14.2. The van der Waals surface area contributed by atoms with Crippen molar-refractivity contribution in [1.29, 1.82) is 0 Å². The highest BCUT2D eigenvalue weighted by atomic mass is 35.5. The third-order valence-corrected chi connectivity index (χ3v) is 6.84. The van der Waals surface area contributed by atoms with Crippen molar-refractivity contribution in [2.24, 2.45) is 13.0 Å². The fourth-order valence-electron chi connectivity index (χ4n) is 4.44. The number of piperidine rings is 1. The average molecular weight is 508 g/mol. The molecule has 2 N–H and O–H groups in total. The zero-order valence-electron chi connectivity index (χ0n) is 20.0. The Morgan fingerprint density at radius 2 is 2.00 bits per heavy atom. The van der Waals surface area contributed by atoms with Crippen molar-refractivity contribution in [3.8, 4) is 17.1 Å². The summed E-state index contributed by atoms with van der Waals surface area (Å²) >= 11 is 6.26. The number of aryl methyl sites for hydroxylation is 1. The van der Waals surface area contributed by atoms with Gasteiger partial charge < -0.3 is 19.5 Å². The second-order valence-corrected chi connectivity index (χ2v) is 9.24. The van der Waals surface area contributed by atoms with Gasteiger partial charge in [0.1, 0.15) is 0 Å². The van der Waals surface area contributed by atoms with Crippen LogP contribution in [0.15, 0.2) is 42.9 Å². The first-order valence-corrected chi connectivity index (χ1v) is 12.0. The molecule has 0 saturated carbocycles. The van der Waals surface area contributed by atoms with Crippen molar-refractivity contribution >= 4 is 34.4 Å². The number of amides is 2. The lowest BCUT2D eigenvalue weighted by atomic mass is 9.95. The SMILES string of the molecule is COc1cc(-c2cc(C(=O)N3CCC(C(=O)NCc4ccc5c(c4)ncn5C)CC3)n[nH]2)c(Cl)cn1. The van der Waals surface area contributed by atoms with Gasteiger partial charge in [0, 0.05) is 44.2 Å². The number of H-pyrrole nitrogens is 1. The summed E-state index contributed by atoms with van der Waals surface area (Å²) in [5, 5.41) is 10.5. The number of fused-ring (bicyclic) bond motifs is 1. The van der Waals surface area contributed by atoms with Crippen LogP contribution in [-0.2, 0) is 18.4 Å². The third-order valence-electron chi connectivity index (χ3n) is 6.54. The fraction of sp³-hybridized carbons (Fsp3) is 0.320. The molecule has 3 aromatic heterocycles. The van der Waals surface area contributed by atoms with Crippen molar-refractivity contribution in [2.45, 2.75) is 19.4 Å². The molecule has 1 aromatic carbocycles. The molecule has 4 heterocycles. The van der Waals surface area contributed by atoms with E-state index in [1.807, 2.05) is 29.8 Å². The molecule has 0 bridgehead atoms. The van der Waals surface area contributed by atoms with Crippen LogP contribution < -0.4 is 10.1 Å². The Morgan fingerprint density at radius 3 is 2.78 bits per heavy atom. The number of hydrogen-bond donors (Lipinski definition) is 2. The average Bonchev–Trinajstić information content (AvgIpc) is 3.54. The number of nitrogens with one attached hydrogen (secondary N) is 2. The summed E-state index contributed by atoms with van der Waals surface area (Å²) in [6.07, 6.45) is 4.46. The van der Waals surface area contributed by atoms with Crippen LogP contribution in [0.1, 0.15) is 28.9 Å². The first kappa shape index (κ1) is 23.8. The van der Waals surface area contributed by atoms with E-state index in [4.69, 9.17) is 16.3 Å². The van der Waals surface area contributed by atoms with E-state index in [2.05, 4.69) is 25.5 Å². The van der Waals surface area contributed by atoms with Crippen LogP contribution >= 0.6 is 11.6 Å². The Labute approximate surface area is 212 Å². The van der Waals surface area contributed by atoms with Crippen LogP contribution in [0.5, 0.6) is 5.88 Å². The molecule has 1 fully saturated rings. The maximum absolute atomic E-state index is 13.0. The number of carbonyl (C=O) groups excluding carboxylic acids is 2. The Bertz CT molecular complexity index is 1420. The minimum absolute atomic E-state index is 0.00606. The molecular formula is C25H26ClN7O3. The number of halogens is 1. The third kappa shape index (κ3) is 4.76. The number of aromatic amines is 1. The number of benzene rings is 1. The van der Waals surface area contributed by atoms with Gasteiger partial charge in [-0.15, -0.1) is 0 Å². The standard InChI is InChI=1S/C25H26ClN7O3/c1-32-14-29-20-9-15(3-4-22(20)32)12-28-24(34)16-5-7-33(8-6-16)25(35)21-11-19(30-31-21)17-10-23(36-2)27-13-18(17)26/h3-4,9-11,13-14,16H,5-8,12H2,1-2H3,(H,28,34)(H,30,31). The first-order valence-electron chi connectivity index (χ1n) is 11.6. The van der Waals surface area contributed by atoms with Gasteiger partial charge in [0.2, 0.25) is 11.8 Å². The second kappa shape index (κ2) is 9.98. The van der Waals surface area contributed by atoms with Gasteiger partial charge >= 0.3 is 0 Å². The minimum Gasteiger partial charge on any atom is -0.481 e. The van der Waals surface area contributed by atoms with Gasteiger partial charge in [0.05, 0.1) is 41.4 Å². The van der Waals surface area contributed by atoms with E-state index >= 15 is 0 Å². The van der Waals surface area contributed by atoms with Crippen molar-refractivity contribution < 1.29 is 14.3 Å². The van der Waals surface area contributed by atoms with Crippen LogP contribution in [0.25, 0.3) is 22.3 Å². The van der Waals surface area contributed by atoms with E-state index < -0.39 is 0 Å². The minimum atomic E-state index is -0.183. The molecule has 2 amide bonds. The summed E-state index contributed by atoms with van der Waals surface area (Å²) in [5.74, 6) is 0.101. The van der Waals surface area contributed by atoms with Crippen LogP contribution in [-0.4, -0.2) is 61.6 Å². The summed E-state index contributed by atoms with van der Waals surface area (Å²) in [6.45, 7) is 1.43. The molecular weight excluding hydrogens is 482 g/mol. The van der Waals surface area contributed by atoms with Crippen molar-refractivity contribution in [3.05, 3.63) is 59.1 Å². The highest BCUT2D eigenvalue weighted by molar-refractivity contribution is 6.33. The van der Waals surface area contributed by atoms with E-state index in [0.717, 1.165) is 16.6 Å². The number of likely N-dealkylation sites (tertiary alicyclic amines) is 1. The lowest BCUT2D eigenvalue weighted by Crippen LogP contribution is -2.43. The predicted octanol–water partition coefficient (Wildman–Crippen LogP) is 3.19. The number of methoxy groups -OCH3 is 1. The van der Waals surface area contributed by atoms with Crippen molar-refractivity contribution in [1.82, 2.24) is 34.9 Å². The molecule has 1 aliphatic rings. The van der Waals surface area contributed by atoms with Crippen LogP contribution in [0.4, 0.5) is 0 Å². The lowest BCUT2D eigenvalue weighted by molar-refractivity contribution is -0.126. The molecule has 0 spiro atoms. The van der Waals surface area contributed by atoms with Crippen LogP contribution in [0.2, 0.25) is 5.02 Å². The Kier molecular flexibility index (Phi) is 6.60. The Morgan fingerprint density at radius 1 is 1.19 bits per heavy atom. The highest BCUT2D eigenvalue weighted by Gasteiger charge is 2.29. The number of carbonyl (C=O) groups is 2. The molecule has 11 heteroatoms. The molecule has 1 aliphatic heterocycles. The molecule has 10 nitrogen and oxygen atoms in total. The van der Waals surface area contributed by atoms with Crippen molar-refractivity contribution in [3.63, 3.8) is 0 Å². The highest BCUT2D eigenvalue weighted by Crippen LogP contribution is 2.29. The van der Waals surface area contributed by atoms with Gasteiger partial charge in [-0.1, -0.05) is 17.7 Å². The molecule has 4 aromatic rings. The smallest absolute Gasteiger partial charge is 0.274 e. The van der Waals surface area contributed by atoms with E-state index in [1.54, 1.807) is 23.4 Å². The summed E-state index contributed by atoms with van der Waals surface area (Å²) in [6, 6.07) is 9.35. The van der Waals surface area contributed by atoms with Crippen LogP contribution in [0.3, 0.4) is 0 Å². The van der Waals surface area contributed by atoms with Gasteiger partial charge in [-0.2, -0.15) is 5.10 Å². The molecule has 0 aliphatic carbocycles. The molecule has 0 unspecified atom stereocenters. The van der Waals surface area contributed by atoms with Gasteiger partial charge in [-0.05, 0) is 36.6 Å². The summed E-state index contributed by atoms with van der Waals surface area (Å²) in [5.41, 5.74) is 4.50. The largest absolute Gasteiger partial charge is 0.481 e. The molecule has 186 valence electrons. The molecule has 36 heavy (non-hydrogen) atoms. The van der Waals surface area contributed by atoms with E-state index in [-0.39, 0.29) is 17.7 Å². The number of pyridine rings is 1. The zero-order valence-corrected chi connectivity index (χ0v) is 20.7. The summed E-state index contributed by atoms with van der Waals surface area (Å²) in [4.78, 5) is 35.9. The quantitative estimate of drug-likeness (QED) is 0.414. The van der Waals surface area contributed by atoms with E-state index in [1.165, 1.54) is 13.3 Å². The van der Waals surface area contributed by atoms with Gasteiger partial charge in [0.25, 0.3) is 5.91 Å². The maximum Gasteiger partial charge on any atom is 0.274 e. The topological polar surface area (TPSA) is 118 Å². The van der Waals surface area contributed by atoms with E-state index in [0.29, 0.717) is 60.3 Å². The second-order valence-electron chi connectivity index (χ2n) is 8.84. The maximum atomic E-state index is 13.0. The predicted molar refractivity (Wildman–Crippen MR) is 135 cm³/mol. The van der Waals surface area contributed by atoms with Gasteiger partial charge in [-0.25, -0.2) is 9.97 Å². The lowest BCUT2D eigenvalue weighted by Gasteiger charge is -2.30. The number of aromatic nitrogens is 5. The molecule has 1 saturated heterocycles.